The lowest BCUT2D eigenvalue weighted by Crippen LogP contribution is -2.46. The number of benzene rings is 1. The number of rotatable bonds is 4. The molecule has 0 aliphatic carbocycles. The summed E-state index contributed by atoms with van der Waals surface area (Å²) in [5.74, 6) is -0.272. The van der Waals surface area contributed by atoms with Crippen LogP contribution in [-0.4, -0.2) is 31.1 Å². The Balaban J connectivity index is 2.18. The van der Waals surface area contributed by atoms with Crippen molar-refractivity contribution in [2.45, 2.75) is 38.3 Å². The van der Waals surface area contributed by atoms with E-state index in [9.17, 15) is 4.39 Å². The maximum atomic E-state index is 13.1. The van der Waals surface area contributed by atoms with Crippen LogP contribution in [0.25, 0.3) is 0 Å². The molecule has 2 rings (SSSR count). The predicted molar refractivity (Wildman–Crippen MR) is 78.1 cm³/mol. The van der Waals surface area contributed by atoms with Crippen LogP contribution in [0, 0.1) is 5.82 Å². The monoisotopic (exact) mass is 284 g/mol. The molecule has 1 aromatic carbocycles. The van der Waals surface area contributed by atoms with Crippen molar-refractivity contribution in [2.24, 2.45) is 0 Å². The van der Waals surface area contributed by atoms with Gasteiger partial charge in [0.2, 0.25) is 0 Å². The Hall–Kier alpha value is -0.640. The number of hydrogen-bond donors (Lipinski definition) is 1. The lowest BCUT2D eigenvalue weighted by molar-refractivity contribution is 0.103. The molecule has 1 aromatic rings. The first-order valence-electron chi connectivity index (χ1n) is 6.98. The highest BCUT2D eigenvalue weighted by Gasteiger charge is 2.27. The van der Waals surface area contributed by atoms with E-state index >= 15 is 0 Å². The van der Waals surface area contributed by atoms with Gasteiger partial charge < -0.3 is 5.32 Å². The average molecular weight is 285 g/mol. The smallest absolute Gasteiger partial charge is 0.124 e. The second-order valence-electron chi connectivity index (χ2n) is 5.29. The number of nitrogens with zero attached hydrogens (tertiary/aromatic N) is 1. The van der Waals surface area contributed by atoms with E-state index in [0.29, 0.717) is 11.1 Å². The highest BCUT2D eigenvalue weighted by atomic mass is 35.5. The lowest BCUT2D eigenvalue weighted by atomic mass is 9.97. The Kier molecular flexibility index (Phi) is 5.20. The summed E-state index contributed by atoms with van der Waals surface area (Å²) in [4.78, 5) is 2.49. The van der Waals surface area contributed by atoms with Gasteiger partial charge in [-0.1, -0.05) is 24.1 Å². The zero-order valence-electron chi connectivity index (χ0n) is 11.6. The summed E-state index contributed by atoms with van der Waals surface area (Å²) < 4.78 is 13.1. The fourth-order valence-electron chi connectivity index (χ4n) is 3.01. The van der Waals surface area contributed by atoms with Crippen LogP contribution < -0.4 is 5.32 Å². The topological polar surface area (TPSA) is 15.3 Å². The van der Waals surface area contributed by atoms with Crippen molar-refractivity contribution in [3.8, 4) is 0 Å². The van der Waals surface area contributed by atoms with Gasteiger partial charge in [-0.25, -0.2) is 4.39 Å². The Morgan fingerprint density at radius 3 is 2.95 bits per heavy atom. The molecule has 4 heteroatoms. The molecule has 0 bridgehead atoms. The summed E-state index contributed by atoms with van der Waals surface area (Å²) in [6, 6.07) is 5.48. The normalized spacial score (nSPS) is 22.4. The summed E-state index contributed by atoms with van der Waals surface area (Å²) in [7, 11) is 1.99. The number of hydrogen-bond acceptors (Lipinski definition) is 2. The first-order valence-corrected chi connectivity index (χ1v) is 7.36. The van der Waals surface area contributed by atoms with Gasteiger partial charge in [-0.15, -0.1) is 0 Å². The molecule has 0 spiro atoms. The van der Waals surface area contributed by atoms with Gasteiger partial charge in [-0.05, 0) is 51.1 Å². The van der Waals surface area contributed by atoms with Crippen molar-refractivity contribution in [2.75, 3.05) is 20.1 Å². The standard InChI is InChI=1S/C15H22ClFN2/c1-11(14-7-6-12(17)9-15(14)16)19-8-4-3-5-13(19)10-18-2/h6-7,9,11,13,18H,3-5,8,10H2,1-2H3. The minimum Gasteiger partial charge on any atom is -0.318 e. The number of piperidine rings is 1. The highest BCUT2D eigenvalue weighted by molar-refractivity contribution is 6.31. The van der Waals surface area contributed by atoms with E-state index in [1.165, 1.54) is 31.4 Å². The van der Waals surface area contributed by atoms with E-state index in [1.807, 2.05) is 13.1 Å². The SMILES string of the molecule is CNCC1CCCCN1C(C)c1ccc(F)cc1Cl. The van der Waals surface area contributed by atoms with Crippen molar-refractivity contribution in [3.05, 3.63) is 34.6 Å². The number of likely N-dealkylation sites (tertiary alicyclic amines) is 1. The maximum Gasteiger partial charge on any atom is 0.124 e. The summed E-state index contributed by atoms with van der Waals surface area (Å²) in [6.45, 7) is 4.23. The van der Waals surface area contributed by atoms with Crippen LogP contribution in [0.5, 0.6) is 0 Å². The third-order valence-corrected chi connectivity index (χ3v) is 4.35. The molecule has 2 nitrogen and oxygen atoms in total. The first kappa shape index (κ1) is 14.8. The Morgan fingerprint density at radius 2 is 2.26 bits per heavy atom. The van der Waals surface area contributed by atoms with Crippen LogP contribution in [0.1, 0.15) is 37.8 Å². The van der Waals surface area contributed by atoms with E-state index in [2.05, 4.69) is 17.1 Å². The molecule has 1 aliphatic heterocycles. The number of nitrogens with one attached hydrogen (secondary N) is 1. The fourth-order valence-corrected chi connectivity index (χ4v) is 3.33. The van der Waals surface area contributed by atoms with Crippen molar-refractivity contribution >= 4 is 11.6 Å². The third kappa shape index (κ3) is 3.47. The maximum absolute atomic E-state index is 13.1. The molecule has 2 atom stereocenters. The van der Waals surface area contributed by atoms with Crippen molar-refractivity contribution in [3.63, 3.8) is 0 Å². The van der Waals surface area contributed by atoms with Gasteiger partial charge in [-0.3, -0.25) is 4.90 Å². The molecule has 1 fully saturated rings. The molecule has 1 saturated heterocycles. The predicted octanol–water partition coefficient (Wildman–Crippen LogP) is 3.61. The van der Waals surface area contributed by atoms with E-state index in [1.54, 1.807) is 0 Å². The zero-order valence-corrected chi connectivity index (χ0v) is 12.4. The van der Waals surface area contributed by atoms with Gasteiger partial charge >= 0.3 is 0 Å². The van der Waals surface area contributed by atoms with Gasteiger partial charge in [0.05, 0.1) is 0 Å². The highest BCUT2D eigenvalue weighted by Crippen LogP contribution is 2.32. The van der Waals surface area contributed by atoms with E-state index < -0.39 is 0 Å². The molecule has 1 N–H and O–H groups in total. The van der Waals surface area contributed by atoms with Crippen molar-refractivity contribution < 1.29 is 4.39 Å². The third-order valence-electron chi connectivity index (χ3n) is 4.02. The molecule has 0 aromatic heterocycles. The summed E-state index contributed by atoms with van der Waals surface area (Å²) in [6.07, 6.45) is 3.72. The number of halogens is 2. The quantitative estimate of drug-likeness (QED) is 0.908. The van der Waals surface area contributed by atoms with Crippen LogP contribution >= 0.6 is 11.6 Å². The molecule has 106 valence electrons. The van der Waals surface area contributed by atoms with Gasteiger partial charge in [0.15, 0.2) is 0 Å². The van der Waals surface area contributed by atoms with E-state index in [0.717, 1.165) is 18.7 Å². The van der Waals surface area contributed by atoms with Crippen molar-refractivity contribution in [1.29, 1.82) is 0 Å². The lowest BCUT2D eigenvalue weighted by Gasteiger charge is -2.40. The molecule has 19 heavy (non-hydrogen) atoms. The van der Waals surface area contributed by atoms with Crippen LogP contribution in [0.3, 0.4) is 0 Å². The Bertz CT molecular complexity index is 423. The van der Waals surface area contributed by atoms with Crippen LogP contribution in [0.15, 0.2) is 18.2 Å². The fraction of sp³-hybridized carbons (Fsp3) is 0.600. The molecule has 0 saturated carbocycles. The van der Waals surface area contributed by atoms with Gasteiger partial charge in [0, 0.05) is 23.7 Å². The summed E-state index contributed by atoms with van der Waals surface area (Å²) in [5, 5.41) is 3.79. The van der Waals surface area contributed by atoms with E-state index in [4.69, 9.17) is 11.6 Å². The minimum atomic E-state index is -0.272. The zero-order chi connectivity index (χ0) is 13.8. The largest absolute Gasteiger partial charge is 0.318 e. The molecule has 1 aliphatic rings. The molecular formula is C15H22ClFN2. The van der Waals surface area contributed by atoms with Crippen LogP contribution in [-0.2, 0) is 0 Å². The molecule has 0 radical (unpaired) electrons. The van der Waals surface area contributed by atoms with Crippen LogP contribution in [0.4, 0.5) is 4.39 Å². The molecular weight excluding hydrogens is 263 g/mol. The van der Waals surface area contributed by atoms with Crippen molar-refractivity contribution in [1.82, 2.24) is 10.2 Å². The van der Waals surface area contributed by atoms with Gasteiger partial charge in [0.1, 0.15) is 5.82 Å². The van der Waals surface area contributed by atoms with E-state index in [-0.39, 0.29) is 11.9 Å². The minimum absolute atomic E-state index is 0.228. The Morgan fingerprint density at radius 1 is 1.47 bits per heavy atom. The Labute approximate surface area is 119 Å². The van der Waals surface area contributed by atoms with Gasteiger partial charge in [0.25, 0.3) is 0 Å². The first-order chi connectivity index (χ1) is 9.13. The average Bonchev–Trinajstić information content (AvgIpc) is 2.39. The number of likely N-dealkylation sites (N-methyl/N-ethyl adjacent to an activating group) is 1. The summed E-state index contributed by atoms with van der Waals surface area (Å²) >= 11 is 6.19. The molecule has 0 amide bonds. The second kappa shape index (κ2) is 6.69. The molecule has 2 unspecified atom stereocenters. The molecule has 1 heterocycles. The van der Waals surface area contributed by atoms with Crippen LogP contribution in [0.2, 0.25) is 5.02 Å². The summed E-state index contributed by atoms with van der Waals surface area (Å²) in [5.41, 5.74) is 1.02. The van der Waals surface area contributed by atoms with Gasteiger partial charge in [-0.2, -0.15) is 0 Å². The second-order valence-corrected chi connectivity index (χ2v) is 5.69.